The van der Waals surface area contributed by atoms with Gasteiger partial charge in [-0.2, -0.15) is 0 Å². The topological polar surface area (TPSA) is 78.9 Å². The average Bonchev–Trinajstić information content (AvgIpc) is 3.23. The molecule has 0 saturated carbocycles. The highest BCUT2D eigenvalue weighted by Crippen LogP contribution is 2.14. The minimum Gasteiger partial charge on any atom is -0.462 e. The zero-order valence-corrected chi connectivity index (χ0v) is 38.8. The van der Waals surface area contributed by atoms with Crippen molar-refractivity contribution in [3.05, 3.63) is 60.8 Å². The summed E-state index contributed by atoms with van der Waals surface area (Å²) in [6.07, 6.45) is 57.9. The van der Waals surface area contributed by atoms with E-state index in [9.17, 15) is 14.4 Å². The summed E-state index contributed by atoms with van der Waals surface area (Å²) in [5.74, 6) is -0.993. The summed E-state index contributed by atoms with van der Waals surface area (Å²) >= 11 is 0. The van der Waals surface area contributed by atoms with Crippen molar-refractivity contribution in [1.29, 1.82) is 0 Å². The first-order valence-electron chi connectivity index (χ1n) is 24.8. The molecule has 0 fully saturated rings. The fourth-order valence-electron chi connectivity index (χ4n) is 6.80. The molecule has 0 aromatic carbocycles. The van der Waals surface area contributed by atoms with E-state index in [0.29, 0.717) is 19.3 Å². The number of allylic oxidation sites excluding steroid dienone is 10. The third-order valence-electron chi connectivity index (χ3n) is 10.5. The van der Waals surface area contributed by atoms with Gasteiger partial charge in [-0.15, -0.1) is 0 Å². The quantitative estimate of drug-likeness (QED) is 0.0263. The van der Waals surface area contributed by atoms with Crippen LogP contribution >= 0.6 is 0 Å². The Labute approximate surface area is 364 Å². The van der Waals surface area contributed by atoms with E-state index in [1.54, 1.807) is 0 Å². The Morgan fingerprint density at radius 2 is 0.695 bits per heavy atom. The Hall–Kier alpha value is -2.89. The van der Waals surface area contributed by atoms with Crippen LogP contribution in [0.1, 0.15) is 239 Å². The third kappa shape index (κ3) is 46.0. The number of ether oxygens (including phenoxy) is 3. The molecular formula is C53H92O6. The van der Waals surface area contributed by atoms with Crippen LogP contribution in [-0.2, 0) is 28.6 Å². The molecule has 0 rings (SSSR count). The van der Waals surface area contributed by atoms with Crippen LogP contribution in [0.25, 0.3) is 0 Å². The van der Waals surface area contributed by atoms with Crippen molar-refractivity contribution in [1.82, 2.24) is 0 Å². The summed E-state index contributed by atoms with van der Waals surface area (Å²) < 4.78 is 16.7. The second-order valence-corrected chi connectivity index (χ2v) is 16.3. The van der Waals surface area contributed by atoms with Crippen LogP contribution in [0, 0.1) is 0 Å². The van der Waals surface area contributed by atoms with E-state index >= 15 is 0 Å². The Morgan fingerprint density at radius 1 is 0.356 bits per heavy atom. The van der Waals surface area contributed by atoms with Crippen molar-refractivity contribution in [2.24, 2.45) is 0 Å². The predicted molar refractivity (Wildman–Crippen MR) is 251 cm³/mol. The molecule has 0 heterocycles. The highest BCUT2D eigenvalue weighted by Gasteiger charge is 2.19. The molecule has 0 amide bonds. The molecule has 0 aromatic heterocycles. The van der Waals surface area contributed by atoms with Crippen LogP contribution in [0.3, 0.4) is 0 Å². The van der Waals surface area contributed by atoms with Crippen molar-refractivity contribution in [2.45, 2.75) is 245 Å². The summed E-state index contributed by atoms with van der Waals surface area (Å²) in [5.41, 5.74) is 0. The number of unbranched alkanes of at least 4 members (excludes halogenated alkanes) is 23. The van der Waals surface area contributed by atoms with Gasteiger partial charge in [0.15, 0.2) is 6.10 Å². The predicted octanol–water partition coefficient (Wildman–Crippen LogP) is 16.1. The lowest BCUT2D eigenvalue weighted by atomic mass is 10.0. The van der Waals surface area contributed by atoms with E-state index in [4.69, 9.17) is 14.2 Å². The van der Waals surface area contributed by atoms with Gasteiger partial charge in [0.2, 0.25) is 0 Å². The molecule has 0 radical (unpaired) electrons. The number of hydrogen-bond acceptors (Lipinski definition) is 6. The standard InChI is InChI=1S/C53H92O6/c1-4-7-10-13-16-19-22-25-26-27-29-31-34-37-40-43-46-52(55)58-49-50(48-57-51(54)45-42-39-36-33-30-24-21-18-15-12-9-6-3)59-53(56)47-44-41-38-35-32-28-23-20-17-14-11-8-5-2/h8,11,17,20,26-28,32,38,41,50H,4-7,9-10,12-16,18-19,21-25,29-31,33-37,39-40,42-49H2,1-3H3/b11-8-,20-17-,27-26-,32-28-,41-38-. The SMILES string of the molecule is CC/C=C\C/C=C\C/C=C\C/C=C\CCC(=O)OC(COC(=O)CCCCCCC/C=C\CCCCCCCCC)COC(=O)CCCCCCCCCCCCCC. The Kier molecular flexibility index (Phi) is 45.4. The first kappa shape index (κ1) is 56.1. The molecule has 0 aliphatic rings. The molecule has 0 bridgehead atoms. The largest absolute Gasteiger partial charge is 0.462 e. The molecule has 0 spiro atoms. The van der Waals surface area contributed by atoms with Gasteiger partial charge in [-0.1, -0.05) is 210 Å². The molecule has 6 heteroatoms. The van der Waals surface area contributed by atoms with Gasteiger partial charge in [-0.05, 0) is 70.6 Å². The van der Waals surface area contributed by atoms with Crippen LogP contribution in [0.5, 0.6) is 0 Å². The molecule has 0 saturated heterocycles. The molecule has 59 heavy (non-hydrogen) atoms. The maximum absolute atomic E-state index is 12.7. The summed E-state index contributed by atoms with van der Waals surface area (Å²) in [6, 6.07) is 0. The smallest absolute Gasteiger partial charge is 0.306 e. The second-order valence-electron chi connectivity index (χ2n) is 16.3. The van der Waals surface area contributed by atoms with E-state index in [1.807, 2.05) is 12.2 Å². The van der Waals surface area contributed by atoms with Crippen LogP contribution in [0.4, 0.5) is 0 Å². The molecule has 1 unspecified atom stereocenters. The van der Waals surface area contributed by atoms with Crippen molar-refractivity contribution in [3.8, 4) is 0 Å². The van der Waals surface area contributed by atoms with Gasteiger partial charge in [0.05, 0.1) is 0 Å². The average molecular weight is 825 g/mol. The zero-order chi connectivity index (χ0) is 43.0. The molecule has 6 nitrogen and oxygen atoms in total. The number of hydrogen-bond donors (Lipinski definition) is 0. The number of carbonyl (C=O) groups is 3. The third-order valence-corrected chi connectivity index (χ3v) is 10.5. The van der Waals surface area contributed by atoms with Crippen LogP contribution < -0.4 is 0 Å². The van der Waals surface area contributed by atoms with Gasteiger partial charge in [-0.25, -0.2) is 0 Å². The van der Waals surface area contributed by atoms with Gasteiger partial charge in [-0.3, -0.25) is 14.4 Å². The lowest BCUT2D eigenvalue weighted by molar-refractivity contribution is -0.166. The Morgan fingerprint density at radius 3 is 1.10 bits per heavy atom. The molecule has 0 aromatic rings. The number of rotatable bonds is 44. The normalized spacial score (nSPS) is 12.5. The van der Waals surface area contributed by atoms with Gasteiger partial charge in [0.25, 0.3) is 0 Å². The van der Waals surface area contributed by atoms with Gasteiger partial charge in [0.1, 0.15) is 13.2 Å². The Balaban J connectivity index is 4.45. The molecule has 0 N–H and O–H groups in total. The summed E-state index contributed by atoms with van der Waals surface area (Å²) in [6.45, 7) is 6.45. The number of esters is 3. The maximum atomic E-state index is 12.7. The highest BCUT2D eigenvalue weighted by atomic mass is 16.6. The zero-order valence-electron chi connectivity index (χ0n) is 38.8. The fourth-order valence-corrected chi connectivity index (χ4v) is 6.80. The highest BCUT2D eigenvalue weighted by molar-refractivity contribution is 5.71. The summed E-state index contributed by atoms with van der Waals surface area (Å²) in [4.78, 5) is 37.8. The van der Waals surface area contributed by atoms with E-state index in [0.717, 1.165) is 70.6 Å². The lowest BCUT2D eigenvalue weighted by Crippen LogP contribution is -2.30. The van der Waals surface area contributed by atoms with Crippen molar-refractivity contribution in [3.63, 3.8) is 0 Å². The molecule has 0 aliphatic carbocycles. The molecular weight excluding hydrogens is 733 g/mol. The molecule has 1 atom stereocenters. The van der Waals surface area contributed by atoms with Crippen LogP contribution in [0.2, 0.25) is 0 Å². The minimum atomic E-state index is -0.811. The van der Waals surface area contributed by atoms with Crippen LogP contribution in [0.15, 0.2) is 60.8 Å². The lowest BCUT2D eigenvalue weighted by Gasteiger charge is -2.18. The van der Waals surface area contributed by atoms with Gasteiger partial charge >= 0.3 is 17.9 Å². The number of carbonyl (C=O) groups excluding carboxylic acids is 3. The molecule has 0 aliphatic heterocycles. The maximum Gasteiger partial charge on any atom is 0.306 e. The minimum absolute atomic E-state index is 0.104. The summed E-state index contributed by atoms with van der Waals surface area (Å²) in [5, 5.41) is 0. The Bertz CT molecular complexity index is 1090. The van der Waals surface area contributed by atoms with Gasteiger partial charge < -0.3 is 14.2 Å². The summed E-state index contributed by atoms with van der Waals surface area (Å²) in [7, 11) is 0. The monoisotopic (exact) mass is 825 g/mol. The van der Waals surface area contributed by atoms with Crippen molar-refractivity contribution < 1.29 is 28.6 Å². The second kappa shape index (κ2) is 47.8. The van der Waals surface area contributed by atoms with E-state index in [2.05, 4.69) is 69.4 Å². The van der Waals surface area contributed by atoms with E-state index < -0.39 is 12.1 Å². The first-order valence-corrected chi connectivity index (χ1v) is 24.8. The molecule has 340 valence electrons. The van der Waals surface area contributed by atoms with Crippen LogP contribution in [-0.4, -0.2) is 37.2 Å². The van der Waals surface area contributed by atoms with Gasteiger partial charge in [0, 0.05) is 19.3 Å². The van der Waals surface area contributed by atoms with Crippen molar-refractivity contribution in [2.75, 3.05) is 13.2 Å². The van der Waals surface area contributed by atoms with E-state index in [1.165, 1.54) is 122 Å². The van der Waals surface area contributed by atoms with E-state index in [-0.39, 0.29) is 31.6 Å². The van der Waals surface area contributed by atoms with Crippen molar-refractivity contribution >= 4 is 17.9 Å². The fraction of sp³-hybridized carbons (Fsp3) is 0.755. The first-order chi connectivity index (χ1) is 29.0.